The van der Waals surface area contributed by atoms with E-state index in [-0.39, 0.29) is 11.9 Å². The third-order valence-electron chi connectivity index (χ3n) is 5.51. The van der Waals surface area contributed by atoms with Crippen molar-refractivity contribution in [3.8, 4) is 17.6 Å². The van der Waals surface area contributed by atoms with Crippen molar-refractivity contribution in [3.63, 3.8) is 0 Å². The lowest BCUT2D eigenvalue weighted by Gasteiger charge is -2.29. The Morgan fingerprint density at radius 2 is 1.91 bits per heavy atom. The van der Waals surface area contributed by atoms with Gasteiger partial charge in [-0.15, -0.1) is 0 Å². The van der Waals surface area contributed by atoms with Crippen LogP contribution in [0.3, 0.4) is 0 Å². The second-order valence-corrected chi connectivity index (χ2v) is 9.45. The van der Waals surface area contributed by atoms with Crippen LogP contribution in [0.5, 0.6) is 0 Å². The average molecular weight is 464 g/mol. The first-order valence-corrected chi connectivity index (χ1v) is 11.3. The van der Waals surface area contributed by atoms with E-state index in [1.165, 1.54) is 0 Å². The minimum atomic E-state index is -4.73. The van der Waals surface area contributed by atoms with Crippen LogP contribution in [-0.4, -0.2) is 40.2 Å². The summed E-state index contributed by atoms with van der Waals surface area (Å²) in [6.45, 7) is 2.55. The molecule has 1 atom stereocenters. The van der Waals surface area contributed by atoms with Crippen LogP contribution in [0.2, 0.25) is 0 Å². The molecule has 3 aromatic heterocycles. The molecule has 32 heavy (non-hydrogen) atoms. The summed E-state index contributed by atoms with van der Waals surface area (Å²) in [6.07, 6.45) is -0.0400. The maximum absolute atomic E-state index is 12.8. The second kappa shape index (κ2) is 7.83. The van der Waals surface area contributed by atoms with Crippen molar-refractivity contribution in [2.24, 2.45) is 0 Å². The number of hydrogen-bond acceptors (Lipinski definition) is 6. The number of fused-ring (bicyclic) bond motifs is 1. The quantitative estimate of drug-likeness (QED) is 0.617. The van der Waals surface area contributed by atoms with Gasteiger partial charge in [-0.1, -0.05) is 0 Å². The fourth-order valence-corrected chi connectivity index (χ4v) is 4.67. The molecule has 0 radical (unpaired) electrons. The standard InChI is InChI=1S/C20H19F3N6O2S/c1-11-6-7-15-16(8-24)17(29(19(15)27-11)13-4-3-5-13)18-25-9-14(10-26-18)32(30,31)28-12(2)20(21,22)23/h6-7,9-10,12-13,28H,3-5H2,1-2H3/t12-/m1/s1. The summed E-state index contributed by atoms with van der Waals surface area (Å²) in [4.78, 5) is 12.3. The zero-order chi connectivity index (χ0) is 23.3. The summed E-state index contributed by atoms with van der Waals surface area (Å²) in [5, 5.41) is 10.5. The summed E-state index contributed by atoms with van der Waals surface area (Å²) < 4.78 is 66.4. The van der Waals surface area contributed by atoms with Crippen LogP contribution in [0.15, 0.2) is 29.4 Å². The predicted molar refractivity (Wildman–Crippen MR) is 109 cm³/mol. The van der Waals surface area contributed by atoms with Gasteiger partial charge >= 0.3 is 6.18 Å². The first-order valence-electron chi connectivity index (χ1n) is 9.86. The van der Waals surface area contributed by atoms with Crippen LogP contribution >= 0.6 is 0 Å². The molecule has 1 fully saturated rings. The van der Waals surface area contributed by atoms with E-state index in [4.69, 9.17) is 0 Å². The van der Waals surface area contributed by atoms with Crippen molar-refractivity contribution in [3.05, 3.63) is 35.8 Å². The van der Waals surface area contributed by atoms with Gasteiger partial charge in [-0.05, 0) is 45.2 Å². The molecule has 0 spiro atoms. The van der Waals surface area contributed by atoms with Crippen LogP contribution in [-0.2, 0) is 10.0 Å². The number of aromatic nitrogens is 4. The molecule has 0 unspecified atom stereocenters. The number of hydrogen-bond donors (Lipinski definition) is 1. The number of halogens is 3. The molecule has 8 nitrogen and oxygen atoms in total. The number of sulfonamides is 1. The van der Waals surface area contributed by atoms with E-state index in [2.05, 4.69) is 21.0 Å². The van der Waals surface area contributed by atoms with Crippen LogP contribution < -0.4 is 4.72 Å². The Morgan fingerprint density at radius 3 is 2.44 bits per heavy atom. The third-order valence-corrected chi connectivity index (χ3v) is 7.01. The Bertz CT molecular complexity index is 1320. The number of nitriles is 1. The van der Waals surface area contributed by atoms with Crippen molar-refractivity contribution in [1.29, 1.82) is 5.26 Å². The molecular formula is C20H19F3N6O2S. The number of nitrogens with zero attached hydrogens (tertiary/aromatic N) is 5. The lowest BCUT2D eigenvalue weighted by molar-refractivity contribution is -0.147. The van der Waals surface area contributed by atoms with E-state index in [1.807, 2.05) is 11.5 Å². The van der Waals surface area contributed by atoms with Crippen molar-refractivity contribution in [2.75, 3.05) is 0 Å². The predicted octanol–water partition coefficient (Wildman–Crippen LogP) is 3.63. The first-order chi connectivity index (χ1) is 15.0. The van der Waals surface area contributed by atoms with Gasteiger partial charge < -0.3 is 4.57 Å². The normalized spacial score (nSPS) is 16.0. The molecule has 1 saturated carbocycles. The summed E-state index contributed by atoms with van der Waals surface area (Å²) in [5.41, 5.74) is 2.14. The number of aryl methyl sites for hydroxylation is 1. The van der Waals surface area contributed by atoms with Gasteiger partial charge in [0.25, 0.3) is 0 Å². The summed E-state index contributed by atoms with van der Waals surface area (Å²) in [5.74, 6) is 0.104. The maximum Gasteiger partial charge on any atom is 0.404 e. The maximum atomic E-state index is 12.8. The summed E-state index contributed by atoms with van der Waals surface area (Å²) in [6, 6.07) is 3.60. The fourth-order valence-electron chi connectivity index (χ4n) is 3.55. The third kappa shape index (κ3) is 3.82. The van der Waals surface area contributed by atoms with Gasteiger partial charge in [-0.2, -0.15) is 23.2 Å². The fraction of sp³-hybridized carbons (Fsp3) is 0.400. The largest absolute Gasteiger partial charge is 0.404 e. The van der Waals surface area contributed by atoms with Crippen LogP contribution in [0.25, 0.3) is 22.6 Å². The van der Waals surface area contributed by atoms with E-state index in [9.17, 15) is 26.9 Å². The molecule has 1 aliphatic rings. The van der Waals surface area contributed by atoms with Crippen LogP contribution in [0.1, 0.15) is 43.5 Å². The molecule has 0 amide bonds. The van der Waals surface area contributed by atoms with Gasteiger partial charge in [0.2, 0.25) is 10.0 Å². The Balaban J connectivity index is 1.80. The highest BCUT2D eigenvalue weighted by Crippen LogP contribution is 2.41. The minimum Gasteiger partial charge on any atom is -0.318 e. The molecule has 0 aromatic carbocycles. The van der Waals surface area contributed by atoms with Gasteiger partial charge in [0.15, 0.2) is 5.82 Å². The molecule has 1 N–H and O–H groups in total. The molecule has 4 rings (SSSR count). The first kappa shape index (κ1) is 22.2. The minimum absolute atomic E-state index is 0.102. The Kier molecular flexibility index (Phi) is 5.42. The highest BCUT2D eigenvalue weighted by atomic mass is 32.2. The van der Waals surface area contributed by atoms with Crippen LogP contribution in [0, 0.1) is 18.3 Å². The van der Waals surface area contributed by atoms with E-state index in [0.717, 1.165) is 37.4 Å². The van der Waals surface area contributed by atoms with Gasteiger partial charge in [-0.25, -0.2) is 23.4 Å². The van der Waals surface area contributed by atoms with Crippen LogP contribution in [0.4, 0.5) is 13.2 Å². The highest BCUT2D eigenvalue weighted by Gasteiger charge is 2.39. The van der Waals surface area contributed by atoms with Crippen molar-refractivity contribution in [1.82, 2.24) is 24.2 Å². The lowest BCUT2D eigenvalue weighted by Crippen LogP contribution is -2.43. The average Bonchev–Trinajstić information content (AvgIpc) is 2.99. The molecule has 0 bridgehead atoms. The van der Waals surface area contributed by atoms with E-state index < -0.39 is 27.1 Å². The van der Waals surface area contributed by atoms with Gasteiger partial charge in [0.05, 0.1) is 18.0 Å². The van der Waals surface area contributed by atoms with E-state index in [0.29, 0.717) is 29.2 Å². The van der Waals surface area contributed by atoms with Crippen molar-refractivity contribution in [2.45, 2.75) is 56.3 Å². The number of pyridine rings is 1. The summed E-state index contributed by atoms with van der Waals surface area (Å²) >= 11 is 0. The Labute approximate surface area is 182 Å². The highest BCUT2D eigenvalue weighted by molar-refractivity contribution is 7.89. The second-order valence-electron chi connectivity index (χ2n) is 7.74. The zero-order valence-electron chi connectivity index (χ0n) is 17.2. The molecule has 3 heterocycles. The van der Waals surface area contributed by atoms with Gasteiger partial charge in [-0.3, -0.25) is 0 Å². The molecule has 0 aliphatic heterocycles. The smallest absolute Gasteiger partial charge is 0.318 e. The molecular weight excluding hydrogens is 445 g/mol. The number of nitrogens with one attached hydrogen (secondary N) is 1. The molecule has 168 valence electrons. The topological polar surface area (TPSA) is 114 Å². The molecule has 12 heteroatoms. The molecule has 0 saturated heterocycles. The van der Waals surface area contributed by atoms with Crippen molar-refractivity contribution < 1.29 is 21.6 Å². The molecule has 1 aliphatic carbocycles. The number of rotatable bonds is 5. The van der Waals surface area contributed by atoms with Gasteiger partial charge in [0, 0.05) is 17.1 Å². The van der Waals surface area contributed by atoms with E-state index in [1.54, 1.807) is 16.9 Å². The SMILES string of the molecule is Cc1ccc2c(C#N)c(-c3ncc(S(=O)(=O)N[C@H](C)C(F)(F)F)cn3)n(C3CCC3)c2n1. The lowest BCUT2D eigenvalue weighted by atomic mass is 9.92. The number of alkyl halides is 3. The van der Waals surface area contributed by atoms with E-state index >= 15 is 0 Å². The van der Waals surface area contributed by atoms with Crippen molar-refractivity contribution >= 4 is 21.1 Å². The Morgan fingerprint density at radius 1 is 1.25 bits per heavy atom. The molecule has 3 aromatic rings. The zero-order valence-corrected chi connectivity index (χ0v) is 18.0. The Hall–Kier alpha value is -3.04. The summed E-state index contributed by atoms with van der Waals surface area (Å²) in [7, 11) is -4.49. The van der Waals surface area contributed by atoms with Gasteiger partial charge in [0.1, 0.15) is 28.3 Å². The monoisotopic (exact) mass is 464 g/mol.